The molecule has 3 aromatic heterocycles. The zero-order valence-electron chi connectivity index (χ0n) is 11.9. The second kappa shape index (κ2) is 5.17. The smallest absolute Gasteiger partial charge is 0.237 e. The maximum atomic E-state index is 13.4. The molecule has 0 aliphatic heterocycles. The monoisotopic (exact) mass is 348 g/mol. The second-order valence-corrected chi connectivity index (χ2v) is 5.47. The first-order chi connectivity index (χ1) is 11.5. The van der Waals surface area contributed by atoms with Crippen LogP contribution in [0, 0.1) is 0 Å². The fourth-order valence-electron chi connectivity index (χ4n) is 2.56. The van der Waals surface area contributed by atoms with E-state index in [2.05, 4.69) is 15.1 Å². The Kier molecular flexibility index (Phi) is 3.21. The molecule has 0 saturated heterocycles. The molecule has 0 unspecified atom stereocenters. The largest absolute Gasteiger partial charge is 0.435 e. The molecule has 4 aromatic rings. The summed E-state index contributed by atoms with van der Waals surface area (Å²) in [7, 11) is 0. The highest BCUT2D eigenvalue weighted by molar-refractivity contribution is 6.40. The van der Waals surface area contributed by atoms with E-state index in [0.717, 1.165) is 4.68 Å². The van der Waals surface area contributed by atoms with Gasteiger partial charge in [0.25, 0.3) is 0 Å². The van der Waals surface area contributed by atoms with Crippen molar-refractivity contribution in [1.82, 2.24) is 19.7 Å². The third-order valence-corrected chi connectivity index (χ3v) is 3.97. The Balaban J connectivity index is 2.19. The number of halogens is 4. The molecule has 0 amide bonds. The van der Waals surface area contributed by atoms with Crippen molar-refractivity contribution in [3.8, 4) is 5.82 Å². The number of aromatic nitrogens is 4. The van der Waals surface area contributed by atoms with E-state index in [-0.39, 0.29) is 21.9 Å². The van der Waals surface area contributed by atoms with Crippen LogP contribution in [-0.2, 0) is 6.18 Å². The number of hydrogen-bond acceptors (Lipinski definition) is 3. The predicted octanol–water partition coefficient (Wildman–Crippen LogP) is 4.64. The van der Waals surface area contributed by atoms with Crippen molar-refractivity contribution in [2.75, 3.05) is 0 Å². The van der Waals surface area contributed by atoms with Crippen molar-refractivity contribution in [3.63, 3.8) is 0 Å². The number of para-hydroxylation sites is 1. The first-order valence-corrected chi connectivity index (χ1v) is 7.30. The van der Waals surface area contributed by atoms with Crippen molar-refractivity contribution in [3.05, 3.63) is 59.4 Å². The zero-order valence-corrected chi connectivity index (χ0v) is 12.7. The van der Waals surface area contributed by atoms with Crippen LogP contribution >= 0.6 is 11.6 Å². The van der Waals surface area contributed by atoms with E-state index >= 15 is 0 Å². The molecule has 4 nitrogen and oxygen atoms in total. The van der Waals surface area contributed by atoms with E-state index in [1.165, 1.54) is 6.20 Å². The molecular formula is C16H8ClF3N4. The van der Waals surface area contributed by atoms with E-state index in [1.807, 2.05) is 0 Å². The number of rotatable bonds is 1. The van der Waals surface area contributed by atoms with Gasteiger partial charge in [0, 0.05) is 11.6 Å². The third-order valence-electron chi connectivity index (χ3n) is 3.58. The fraction of sp³-hybridized carbons (Fsp3) is 0.0625. The SMILES string of the molecule is FC(F)(F)c1nn(-c2ccccn2)c2nc3ccccc3c(Cl)c12. The summed E-state index contributed by atoms with van der Waals surface area (Å²) in [4.78, 5) is 8.38. The van der Waals surface area contributed by atoms with Crippen LogP contribution in [0.4, 0.5) is 13.2 Å². The van der Waals surface area contributed by atoms with Gasteiger partial charge in [-0.2, -0.15) is 23.0 Å². The molecule has 0 spiro atoms. The zero-order chi connectivity index (χ0) is 16.9. The van der Waals surface area contributed by atoms with Gasteiger partial charge in [-0.3, -0.25) is 0 Å². The number of pyridine rings is 2. The second-order valence-electron chi connectivity index (χ2n) is 5.09. The molecule has 0 atom stereocenters. The average Bonchev–Trinajstić information content (AvgIpc) is 2.96. The first-order valence-electron chi connectivity index (χ1n) is 6.92. The van der Waals surface area contributed by atoms with Gasteiger partial charge >= 0.3 is 6.18 Å². The molecule has 0 bridgehead atoms. The van der Waals surface area contributed by atoms with Gasteiger partial charge in [0.1, 0.15) is 0 Å². The predicted molar refractivity (Wildman–Crippen MR) is 84.2 cm³/mol. The molecule has 24 heavy (non-hydrogen) atoms. The lowest BCUT2D eigenvalue weighted by molar-refractivity contribution is -0.140. The Morgan fingerprint density at radius 1 is 1.00 bits per heavy atom. The molecule has 120 valence electrons. The van der Waals surface area contributed by atoms with Gasteiger partial charge < -0.3 is 0 Å². The van der Waals surface area contributed by atoms with E-state index in [1.54, 1.807) is 42.5 Å². The van der Waals surface area contributed by atoms with Crippen LogP contribution < -0.4 is 0 Å². The summed E-state index contributed by atoms with van der Waals surface area (Å²) in [6, 6.07) is 11.6. The van der Waals surface area contributed by atoms with E-state index in [9.17, 15) is 13.2 Å². The van der Waals surface area contributed by atoms with Gasteiger partial charge in [-0.25, -0.2) is 9.97 Å². The minimum atomic E-state index is -4.66. The van der Waals surface area contributed by atoms with Crippen LogP contribution in [0.15, 0.2) is 48.7 Å². The first kappa shape index (κ1) is 14.9. The molecule has 0 fully saturated rings. The molecule has 4 rings (SSSR count). The van der Waals surface area contributed by atoms with Gasteiger partial charge in [0.05, 0.1) is 15.9 Å². The lowest BCUT2D eigenvalue weighted by Gasteiger charge is -2.05. The van der Waals surface area contributed by atoms with E-state index in [0.29, 0.717) is 10.9 Å². The number of benzene rings is 1. The Morgan fingerprint density at radius 2 is 1.75 bits per heavy atom. The molecule has 0 radical (unpaired) electrons. The summed E-state index contributed by atoms with van der Waals surface area (Å²) >= 11 is 6.27. The minimum Gasteiger partial charge on any atom is -0.237 e. The molecule has 1 aromatic carbocycles. The van der Waals surface area contributed by atoms with Gasteiger partial charge in [0.15, 0.2) is 17.2 Å². The van der Waals surface area contributed by atoms with Crippen LogP contribution in [0.25, 0.3) is 27.8 Å². The molecule has 0 saturated carbocycles. The van der Waals surface area contributed by atoms with Crippen molar-refractivity contribution in [2.24, 2.45) is 0 Å². The normalized spacial score (nSPS) is 12.2. The van der Waals surface area contributed by atoms with Crippen molar-refractivity contribution in [2.45, 2.75) is 6.18 Å². The maximum absolute atomic E-state index is 13.4. The van der Waals surface area contributed by atoms with E-state index in [4.69, 9.17) is 11.6 Å². The van der Waals surface area contributed by atoms with Crippen LogP contribution in [0.1, 0.15) is 5.69 Å². The van der Waals surface area contributed by atoms with Crippen molar-refractivity contribution in [1.29, 1.82) is 0 Å². The Labute approximate surface area is 138 Å². The molecule has 3 heterocycles. The van der Waals surface area contributed by atoms with Gasteiger partial charge in [-0.15, -0.1) is 0 Å². The number of alkyl halides is 3. The molecular weight excluding hydrogens is 341 g/mol. The summed E-state index contributed by atoms with van der Waals surface area (Å²) < 4.78 is 41.4. The lowest BCUT2D eigenvalue weighted by atomic mass is 10.1. The van der Waals surface area contributed by atoms with Gasteiger partial charge in [-0.05, 0) is 18.2 Å². The summed E-state index contributed by atoms with van der Waals surface area (Å²) in [6.07, 6.45) is -3.19. The van der Waals surface area contributed by atoms with Crippen molar-refractivity contribution < 1.29 is 13.2 Å². The number of hydrogen-bond donors (Lipinski definition) is 0. The van der Waals surface area contributed by atoms with Crippen LogP contribution in [0.2, 0.25) is 5.02 Å². The van der Waals surface area contributed by atoms with Crippen molar-refractivity contribution >= 4 is 33.5 Å². The third kappa shape index (κ3) is 2.20. The topological polar surface area (TPSA) is 43.6 Å². The summed E-state index contributed by atoms with van der Waals surface area (Å²) in [5, 5.41) is 3.89. The average molecular weight is 349 g/mol. The highest BCUT2D eigenvalue weighted by atomic mass is 35.5. The molecule has 0 N–H and O–H groups in total. The minimum absolute atomic E-state index is 0.0183. The highest BCUT2D eigenvalue weighted by Crippen LogP contribution is 2.40. The quantitative estimate of drug-likeness (QED) is 0.503. The summed E-state index contributed by atoms with van der Waals surface area (Å²) in [5.74, 6) is 0.233. The highest BCUT2D eigenvalue weighted by Gasteiger charge is 2.39. The maximum Gasteiger partial charge on any atom is 0.435 e. The standard InChI is InChI=1S/C16H8ClF3N4/c17-13-9-5-1-2-6-10(9)22-15-12(13)14(16(18,19)20)23-24(15)11-7-3-4-8-21-11/h1-8H. The Bertz CT molecular complexity index is 1060. The van der Waals surface area contributed by atoms with Crippen LogP contribution in [0.3, 0.4) is 0 Å². The summed E-state index contributed by atoms with van der Waals surface area (Å²) in [6.45, 7) is 0. The number of nitrogens with zero attached hydrogens (tertiary/aromatic N) is 4. The summed E-state index contributed by atoms with van der Waals surface area (Å²) in [5.41, 5.74) is -0.572. The molecule has 0 aliphatic rings. The Hall–Kier alpha value is -2.67. The van der Waals surface area contributed by atoms with Gasteiger partial charge in [-0.1, -0.05) is 35.9 Å². The lowest BCUT2D eigenvalue weighted by Crippen LogP contribution is -2.08. The van der Waals surface area contributed by atoms with E-state index < -0.39 is 11.9 Å². The van der Waals surface area contributed by atoms with Crippen LogP contribution in [-0.4, -0.2) is 19.7 Å². The Morgan fingerprint density at radius 3 is 2.46 bits per heavy atom. The number of fused-ring (bicyclic) bond motifs is 2. The van der Waals surface area contributed by atoms with Gasteiger partial charge in [0.2, 0.25) is 0 Å². The molecule has 0 aliphatic carbocycles. The molecule has 8 heteroatoms. The van der Waals surface area contributed by atoms with Crippen LogP contribution in [0.5, 0.6) is 0 Å². The fourth-order valence-corrected chi connectivity index (χ4v) is 2.89.